The van der Waals surface area contributed by atoms with Gasteiger partial charge in [-0.25, -0.2) is 0 Å². The molecule has 1 saturated carbocycles. The summed E-state index contributed by atoms with van der Waals surface area (Å²) in [6.07, 6.45) is 7.05. The number of carbonyl (C=O) groups is 1. The first-order valence-electron chi connectivity index (χ1n) is 6.59. The number of piperidine rings is 1. The molecule has 3 nitrogen and oxygen atoms in total. The highest BCUT2D eigenvalue weighted by molar-refractivity contribution is 5.77. The molecule has 0 unspecified atom stereocenters. The van der Waals surface area contributed by atoms with Crippen LogP contribution in [0.2, 0.25) is 0 Å². The molecule has 2 fully saturated rings. The molecule has 0 radical (unpaired) electrons. The fourth-order valence-corrected chi connectivity index (χ4v) is 3.12. The van der Waals surface area contributed by atoms with Gasteiger partial charge in [0.1, 0.15) is 0 Å². The van der Waals surface area contributed by atoms with Gasteiger partial charge in [0, 0.05) is 13.0 Å². The van der Waals surface area contributed by atoms with E-state index >= 15 is 0 Å². The Morgan fingerprint density at radius 2 is 2.06 bits per heavy atom. The first-order chi connectivity index (χ1) is 7.68. The molecular weight excluding hydrogens is 202 g/mol. The summed E-state index contributed by atoms with van der Waals surface area (Å²) >= 11 is 0. The van der Waals surface area contributed by atoms with E-state index < -0.39 is 0 Å². The van der Waals surface area contributed by atoms with Gasteiger partial charge in [-0.15, -0.1) is 0 Å². The lowest BCUT2D eigenvalue weighted by atomic mass is 9.75. The van der Waals surface area contributed by atoms with Crippen LogP contribution in [0.3, 0.4) is 0 Å². The van der Waals surface area contributed by atoms with Gasteiger partial charge in [0.25, 0.3) is 0 Å². The smallest absolute Gasteiger partial charge is 0.223 e. The lowest BCUT2D eigenvalue weighted by molar-refractivity contribution is -0.145. The number of likely N-dealkylation sites (tertiary alicyclic amines) is 1. The topological polar surface area (TPSA) is 40.5 Å². The van der Waals surface area contributed by atoms with Crippen LogP contribution in [-0.2, 0) is 4.79 Å². The third-order valence-electron chi connectivity index (χ3n) is 4.40. The van der Waals surface area contributed by atoms with E-state index in [9.17, 15) is 9.90 Å². The number of aliphatic hydroxyl groups is 1. The number of aliphatic hydroxyl groups excluding tert-OH is 1. The van der Waals surface area contributed by atoms with E-state index in [1.165, 1.54) is 0 Å². The van der Waals surface area contributed by atoms with Crippen LogP contribution >= 0.6 is 0 Å². The minimum atomic E-state index is -0.218. The summed E-state index contributed by atoms with van der Waals surface area (Å²) < 4.78 is 0. The molecule has 1 amide bonds. The van der Waals surface area contributed by atoms with E-state index in [1.54, 1.807) is 0 Å². The molecule has 0 aromatic heterocycles. The second-order valence-corrected chi connectivity index (χ2v) is 5.57. The second kappa shape index (κ2) is 4.74. The van der Waals surface area contributed by atoms with Crippen molar-refractivity contribution in [3.8, 4) is 0 Å². The molecular formula is C13H23NO2. The summed E-state index contributed by atoms with van der Waals surface area (Å²) in [5.74, 6) is 1.01. The predicted molar refractivity (Wildman–Crippen MR) is 63.0 cm³/mol. The Kier molecular flexibility index (Phi) is 3.53. The fourth-order valence-electron chi connectivity index (χ4n) is 3.12. The Hall–Kier alpha value is -0.570. The van der Waals surface area contributed by atoms with Crippen molar-refractivity contribution in [2.24, 2.45) is 5.92 Å². The van der Waals surface area contributed by atoms with Crippen molar-refractivity contribution in [2.45, 2.75) is 57.4 Å². The third-order valence-corrected chi connectivity index (χ3v) is 4.40. The largest absolute Gasteiger partial charge is 0.394 e. The van der Waals surface area contributed by atoms with Crippen molar-refractivity contribution in [3.05, 3.63) is 0 Å². The molecule has 0 bridgehead atoms. The maximum Gasteiger partial charge on any atom is 0.223 e. The Morgan fingerprint density at radius 3 is 2.62 bits per heavy atom. The highest BCUT2D eigenvalue weighted by atomic mass is 16.3. The number of amides is 1. The van der Waals surface area contributed by atoms with Crippen molar-refractivity contribution in [2.75, 3.05) is 13.2 Å². The molecule has 92 valence electrons. The zero-order valence-corrected chi connectivity index (χ0v) is 10.2. The molecule has 16 heavy (non-hydrogen) atoms. The van der Waals surface area contributed by atoms with Crippen molar-refractivity contribution in [1.29, 1.82) is 0 Å². The van der Waals surface area contributed by atoms with Crippen LogP contribution in [0, 0.1) is 5.92 Å². The van der Waals surface area contributed by atoms with Crippen molar-refractivity contribution in [3.63, 3.8) is 0 Å². The first-order valence-corrected chi connectivity index (χ1v) is 6.59. The van der Waals surface area contributed by atoms with Crippen LogP contribution in [0.4, 0.5) is 0 Å². The van der Waals surface area contributed by atoms with Crippen molar-refractivity contribution < 1.29 is 9.90 Å². The fraction of sp³-hybridized carbons (Fsp3) is 0.923. The quantitative estimate of drug-likeness (QED) is 0.780. The number of hydrogen-bond donors (Lipinski definition) is 1. The number of hydrogen-bond acceptors (Lipinski definition) is 2. The number of carbonyl (C=O) groups excluding carboxylic acids is 1. The molecule has 2 rings (SSSR count). The number of rotatable bonds is 2. The Balaban J connectivity index is 2.10. The summed E-state index contributed by atoms with van der Waals surface area (Å²) in [6, 6.07) is 0. The predicted octanol–water partition coefficient (Wildman–Crippen LogP) is 1.94. The van der Waals surface area contributed by atoms with E-state index in [-0.39, 0.29) is 18.1 Å². The van der Waals surface area contributed by atoms with Crippen LogP contribution < -0.4 is 0 Å². The van der Waals surface area contributed by atoms with Gasteiger partial charge in [-0.3, -0.25) is 4.79 Å². The van der Waals surface area contributed by atoms with E-state index in [1.807, 2.05) is 4.90 Å². The molecule has 0 aromatic carbocycles. The Bertz CT molecular complexity index is 257. The normalized spacial score (nSPS) is 36.5. The van der Waals surface area contributed by atoms with Gasteiger partial charge in [0.15, 0.2) is 0 Å². The average Bonchev–Trinajstić information content (AvgIpc) is 2.32. The van der Waals surface area contributed by atoms with Crippen LogP contribution in [0.25, 0.3) is 0 Å². The van der Waals surface area contributed by atoms with Crippen molar-refractivity contribution in [1.82, 2.24) is 4.90 Å². The summed E-state index contributed by atoms with van der Waals surface area (Å²) in [5, 5.41) is 9.70. The summed E-state index contributed by atoms with van der Waals surface area (Å²) in [5.41, 5.74) is -0.218. The maximum absolute atomic E-state index is 12.0. The SMILES string of the molecule is CC1CCC(CO)(N2CCCCC2=O)CC1. The molecule has 0 atom stereocenters. The van der Waals surface area contributed by atoms with Gasteiger partial charge in [-0.05, 0) is 44.4 Å². The van der Waals surface area contributed by atoms with Gasteiger partial charge in [0.05, 0.1) is 12.1 Å². The Morgan fingerprint density at radius 1 is 1.38 bits per heavy atom. The van der Waals surface area contributed by atoms with E-state index in [4.69, 9.17) is 0 Å². The lowest BCUT2D eigenvalue weighted by Gasteiger charge is -2.48. The van der Waals surface area contributed by atoms with Crippen LogP contribution in [0.5, 0.6) is 0 Å². The molecule has 1 heterocycles. The van der Waals surface area contributed by atoms with Gasteiger partial charge < -0.3 is 10.0 Å². The molecule has 1 aliphatic heterocycles. The zero-order valence-electron chi connectivity index (χ0n) is 10.2. The first kappa shape index (κ1) is 11.9. The molecule has 1 N–H and O–H groups in total. The Labute approximate surface area is 97.8 Å². The van der Waals surface area contributed by atoms with Gasteiger partial charge in [-0.2, -0.15) is 0 Å². The standard InChI is InChI=1S/C13H23NO2/c1-11-5-7-13(10-15,8-6-11)14-9-3-2-4-12(14)16/h11,15H,2-10H2,1H3. The van der Waals surface area contributed by atoms with Crippen LogP contribution in [0.15, 0.2) is 0 Å². The number of nitrogens with zero attached hydrogens (tertiary/aromatic N) is 1. The molecule has 2 aliphatic rings. The van der Waals surface area contributed by atoms with Crippen LogP contribution in [0.1, 0.15) is 51.9 Å². The second-order valence-electron chi connectivity index (χ2n) is 5.57. The van der Waals surface area contributed by atoms with E-state index in [2.05, 4.69) is 6.92 Å². The highest BCUT2D eigenvalue weighted by Crippen LogP contribution is 2.37. The average molecular weight is 225 g/mol. The summed E-state index contributed by atoms with van der Waals surface area (Å²) in [6.45, 7) is 3.26. The molecule has 0 aromatic rings. The lowest BCUT2D eigenvalue weighted by Crippen LogP contribution is -2.57. The monoisotopic (exact) mass is 225 g/mol. The molecule has 1 saturated heterocycles. The minimum Gasteiger partial charge on any atom is -0.394 e. The molecule has 1 aliphatic carbocycles. The molecule has 0 spiro atoms. The summed E-state index contributed by atoms with van der Waals surface area (Å²) in [7, 11) is 0. The summed E-state index contributed by atoms with van der Waals surface area (Å²) in [4.78, 5) is 13.9. The third kappa shape index (κ3) is 2.10. The minimum absolute atomic E-state index is 0.144. The zero-order chi connectivity index (χ0) is 11.6. The maximum atomic E-state index is 12.0. The molecule has 3 heteroatoms. The van der Waals surface area contributed by atoms with E-state index in [0.29, 0.717) is 6.42 Å². The van der Waals surface area contributed by atoms with Gasteiger partial charge in [0.2, 0.25) is 5.91 Å². The van der Waals surface area contributed by atoms with Crippen LogP contribution in [-0.4, -0.2) is 34.6 Å². The highest BCUT2D eigenvalue weighted by Gasteiger charge is 2.41. The van der Waals surface area contributed by atoms with Gasteiger partial charge >= 0.3 is 0 Å². The van der Waals surface area contributed by atoms with Gasteiger partial charge in [-0.1, -0.05) is 6.92 Å². The van der Waals surface area contributed by atoms with Crippen molar-refractivity contribution >= 4 is 5.91 Å². The van der Waals surface area contributed by atoms with E-state index in [0.717, 1.165) is 51.0 Å².